The van der Waals surface area contributed by atoms with Gasteiger partial charge in [-0.1, -0.05) is 53.2 Å². The highest BCUT2D eigenvalue weighted by Crippen LogP contribution is 2.23. The maximum absolute atomic E-state index is 12.5. The van der Waals surface area contributed by atoms with Gasteiger partial charge in [0, 0.05) is 17.8 Å². The highest BCUT2D eigenvalue weighted by Gasteiger charge is 2.20. The van der Waals surface area contributed by atoms with E-state index in [2.05, 4.69) is 20.8 Å². The van der Waals surface area contributed by atoms with Gasteiger partial charge >= 0.3 is 0 Å². The number of hydrogen-bond acceptors (Lipinski definition) is 5. The van der Waals surface area contributed by atoms with Crippen LogP contribution in [0.1, 0.15) is 29.1 Å². The Morgan fingerprint density at radius 2 is 1.87 bits per heavy atom. The number of nitrogens with one attached hydrogen (secondary N) is 2. The number of nitrogens with zero attached hydrogens (tertiary/aromatic N) is 3. The monoisotopic (exact) mass is 463 g/mol. The topological polar surface area (TPSA) is 88.9 Å². The van der Waals surface area contributed by atoms with E-state index < -0.39 is 6.04 Å². The minimum absolute atomic E-state index is 0.144. The van der Waals surface area contributed by atoms with Crippen molar-refractivity contribution in [3.05, 3.63) is 70.0 Å². The summed E-state index contributed by atoms with van der Waals surface area (Å²) < 4.78 is 1.74. The molecule has 7 nitrogen and oxygen atoms in total. The molecule has 1 heterocycles. The van der Waals surface area contributed by atoms with Crippen LogP contribution in [0.3, 0.4) is 0 Å². The number of amides is 2. The van der Waals surface area contributed by atoms with Crippen molar-refractivity contribution in [1.82, 2.24) is 20.1 Å². The van der Waals surface area contributed by atoms with Gasteiger partial charge in [-0.05, 0) is 37.3 Å². The van der Waals surface area contributed by atoms with Crippen molar-refractivity contribution >= 4 is 52.5 Å². The molecule has 3 aromatic rings. The molecule has 0 spiro atoms. The van der Waals surface area contributed by atoms with E-state index in [0.717, 1.165) is 5.69 Å². The fourth-order valence-electron chi connectivity index (χ4n) is 2.69. The summed E-state index contributed by atoms with van der Waals surface area (Å²) >= 11 is 13.2. The van der Waals surface area contributed by atoms with E-state index in [4.69, 9.17) is 23.2 Å². The Labute approximate surface area is 188 Å². The molecule has 10 heteroatoms. The van der Waals surface area contributed by atoms with Gasteiger partial charge in [0.1, 0.15) is 0 Å². The van der Waals surface area contributed by atoms with E-state index in [1.54, 1.807) is 30.7 Å². The predicted octanol–water partition coefficient (Wildman–Crippen LogP) is 4.34. The van der Waals surface area contributed by atoms with Crippen LogP contribution in [-0.2, 0) is 11.8 Å². The molecule has 0 aliphatic heterocycles. The van der Waals surface area contributed by atoms with Crippen molar-refractivity contribution in [2.75, 3.05) is 11.1 Å². The summed E-state index contributed by atoms with van der Waals surface area (Å²) in [4.78, 5) is 24.6. The quantitative estimate of drug-likeness (QED) is 0.508. The van der Waals surface area contributed by atoms with Gasteiger partial charge in [0.2, 0.25) is 5.91 Å². The first-order valence-electron chi connectivity index (χ1n) is 8.98. The van der Waals surface area contributed by atoms with Crippen molar-refractivity contribution in [2.24, 2.45) is 7.05 Å². The lowest BCUT2D eigenvalue weighted by Gasteiger charge is -2.14. The van der Waals surface area contributed by atoms with E-state index in [9.17, 15) is 9.59 Å². The molecule has 30 heavy (non-hydrogen) atoms. The van der Waals surface area contributed by atoms with Crippen LogP contribution < -0.4 is 10.6 Å². The Hall–Kier alpha value is -2.55. The number of hydrogen-bond donors (Lipinski definition) is 2. The van der Waals surface area contributed by atoms with Crippen LogP contribution in [0.4, 0.5) is 5.69 Å². The summed E-state index contributed by atoms with van der Waals surface area (Å²) in [5, 5.41) is 15.2. The average molecular weight is 464 g/mol. The Morgan fingerprint density at radius 3 is 2.57 bits per heavy atom. The number of benzene rings is 2. The normalized spacial score (nSPS) is 11.7. The summed E-state index contributed by atoms with van der Waals surface area (Å²) in [6.45, 7) is 1.79. The molecular formula is C20H19Cl2N5O2S. The Bertz CT molecular complexity index is 1060. The summed E-state index contributed by atoms with van der Waals surface area (Å²) in [6.07, 6.45) is 0. The number of carbonyl (C=O) groups is 2. The standard InChI is InChI=1S/C20H19Cl2N5O2S/c1-12(23-19(29)15-9-8-13(21)10-16(15)22)18-25-26-20(27(18)2)30-11-17(28)24-14-6-4-3-5-7-14/h3-10,12H,11H2,1-2H3,(H,23,29)(H,24,28)/t12-/m0/s1. The molecule has 0 saturated carbocycles. The largest absolute Gasteiger partial charge is 0.342 e. The van der Waals surface area contributed by atoms with Gasteiger partial charge in [-0.3, -0.25) is 9.59 Å². The minimum Gasteiger partial charge on any atom is -0.342 e. The number of aromatic nitrogens is 3. The second kappa shape index (κ2) is 9.97. The molecule has 0 fully saturated rings. The molecule has 2 amide bonds. The van der Waals surface area contributed by atoms with Crippen LogP contribution >= 0.6 is 35.0 Å². The smallest absolute Gasteiger partial charge is 0.253 e. The lowest BCUT2D eigenvalue weighted by atomic mass is 10.2. The molecule has 1 atom stereocenters. The number of halogens is 2. The van der Waals surface area contributed by atoms with E-state index in [1.165, 1.54) is 17.8 Å². The van der Waals surface area contributed by atoms with Gasteiger partial charge in [-0.25, -0.2) is 0 Å². The first-order valence-corrected chi connectivity index (χ1v) is 10.7. The molecule has 2 N–H and O–H groups in total. The Kier molecular flexibility index (Phi) is 7.36. The van der Waals surface area contributed by atoms with E-state index in [0.29, 0.717) is 21.6 Å². The molecule has 156 valence electrons. The Balaban J connectivity index is 1.60. The van der Waals surface area contributed by atoms with Crippen molar-refractivity contribution in [2.45, 2.75) is 18.1 Å². The maximum Gasteiger partial charge on any atom is 0.253 e. The van der Waals surface area contributed by atoms with Crippen LogP contribution in [0, 0.1) is 0 Å². The number of thioether (sulfide) groups is 1. The van der Waals surface area contributed by atoms with Crippen molar-refractivity contribution in [3.63, 3.8) is 0 Å². The van der Waals surface area contributed by atoms with Gasteiger partial charge < -0.3 is 15.2 Å². The number of anilines is 1. The van der Waals surface area contributed by atoms with Gasteiger partial charge in [-0.2, -0.15) is 0 Å². The van der Waals surface area contributed by atoms with Crippen molar-refractivity contribution < 1.29 is 9.59 Å². The fraction of sp³-hybridized carbons (Fsp3) is 0.200. The van der Waals surface area contributed by atoms with Crippen LogP contribution in [0.25, 0.3) is 0 Å². The zero-order chi connectivity index (χ0) is 21.7. The van der Waals surface area contributed by atoms with Crippen LogP contribution in [-0.4, -0.2) is 32.3 Å². The third kappa shape index (κ3) is 5.53. The second-order valence-electron chi connectivity index (χ2n) is 6.42. The first-order chi connectivity index (χ1) is 14.3. The molecular weight excluding hydrogens is 445 g/mol. The zero-order valence-electron chi connectivity index (χ0n) is 16.2. The summed E-state index contributed by atoms with van der Waals surface area (Å²) in [6, 6.07) is 13.5. The molecule has 0 radical (unpaired) electrons. The highest BCUT2D eigenvalue weighted by molar-refractivity contribution is 7.99. The minimum atomic E-state index is -0.422. The summed E-state index contributed by atoms with van der Waals surface area (Å²) in [5.74, 6) is 0.250. The van der Waals surface area contributed by atoms with Gasteiger partial charge in [0.15, 0.2) is 11.0 Å². The zero-order valence-corrected chi connectivity index (χ0v) is 18.6. The molecule has 0 unspecified atom stereocenters. The van der Waals surface area contributed by atoms with Crippen LogP contribution in [0.5, 0.6) is 0 Å². The average Bonchev–Trinajstić information content (AvgIpc) is 3.07. The molecule has 1 aromatic heterocycles. The van der Waals surface area contributed by atoms with E-state index >= 15 is 0 Å². The number of carbonyl (C=O) groups excluding carboxylic acids is 2. The summed E-state index contributed by atoms with van der Waals surface area (Å²) in [7, 11) is 1.78. The molecule has 0 bridgehead atoms. The lowest BCUT2D eigenvalue weighted by molar-refractivity contribution is -0.113. The molecule has 2 aromatic carbocycles. The van der Waals surface area contributed by atoms with Crippen molar-refractivity contribution in [3.8, 4) is 0 Å². The number of para-hydroxylation sites is 1. The van der Waals surface area contributed by atoms with E-state index in [1.807, 2.05) is 30.3 Å². The second-order valence-corrected chi connectivity index (χ2v) is 8.21. The molecule has 0 aliphatic rings. The van der Waals surface area contributed by atoms with Crippen LogP contribution in [0.15, 0.2) is 53.7 Å². The molecule has 0 saturated heterocycles. The molecule has 3 rings (SSSR count). The SMILES string of the molecule is C[C@H](NC(=O)c1ccc(Cl)cc1Cl)c1nnc(SCC(=O)Nc2ccccc2)n1C. The van der Waals surface area contributed by atoms with E-state index in [-0.39, 0.29) is 22.6 Å². The summed E-state index contributed by atoms with van der Waals surface area (Å²) in [5.41, 5.74) is 1.06. The Morgan fingerprint density at radius 1 is 1.13 bits per heavy atom. The van der Waals surface area contributed by atoms with Crippen molar-refractivity contribution in [1.29, 1.82) is 0 Å². The maximum atomic E-state index is 12.5. The predicted molar refractivity (Wildman–Crippen MR) is 119 cm³/mol. The number of rotatable bonds is 7. The molecule has 0 aliphatic carbocycles. The third-order valence-electron chi connectivity index (χ3n) is 4.17. The van der Waals surface area contributed by atoms with Crippen LogP contribution in [0.2, 0.25) is 10.0 Å². The highest BCUT2D eigenvalue weighted by atomic mass is 35.5. The van der Waals surface area contributed by atoms with Gasteiger partial charge in [0.25, 0.3) is 5.91 Å². The lowest BCUT2D eigenvalue weighted by Crippen LogP contribution is -2.28. The van der Waals surface area contributed by atoms with Gasteiger partial charge in [0.05, 0.1) is 22.4 Å². The van der Waals surface area contributed by atoms with Gasteiger partial charge in [-0.15, -0.1) is 10.2 Å². The third-order valence-corrected chi connectivity index (χ3v) is 5.74. The fourth-order valence-corrected chi connectivity index (χ4v) is 3.90. The first kappa shape index (κ1) is 22.1.